The molecule has 2 saturated heterocycles. The van der Waals surface area contributed by atoms with E-state index in [4.69, 9.17) is 21.1 Å². The first-order valence-electron chi connectivity index (χ1n) is 10.5. The zero-order chi connectivity index (χ0) is 20.9. The van der Waals surface area contributed by atoms with Gasteiger partial charge in [-0.05, 0) is 37.5 Å². The smallest absolute Gasteiger partial charge is 0.333 e. The highest BCUT2D eigenvalue weighted by atomic mass is 35.5. The molecule has 0 bridgehead atoms. The Bertz CT molecular complexity index is 883. The first-order valence-corrected chi connectivity index (χ1v) is 10.8. The molecule has 0 N–H and O–H groups in total. The van der Waals surface area contributed by atoms with Crippen LogP contribution < -0.4 is 9.64 Å². The third-order valence-electron chi connectivity index (χ3n) is 5.67. The van der Waals surface area contributed by atoms with E-state index in [1.54, 1.807) is 30.3 Å². The summed E-state index contributed by atoms with van der Waals surface area (Å²) >= 11 is 6.50. The van der Waals surface area contributed by atoms with Crippen LogP contribution in [0.4, 0.5) is 10.1 Å². The fraction of sp³-hybridized carbons (Fsp3) is 0.435. The van der Waals surface area contributed by atoms with Gasteiger partial charge in [-0.15, -0.1) is 0 Å². The molecule has 2 aromatic carbocycles. The van der Waals surface area contributed by atoms with Crippen LogP contribution >= 0.6 is 11.6 Å². The number of halogens is 2. The van der Waals surface area contributed by atoms with Gasteiger partial charge in [-0.2, -0.15) is 0 Å². The number of hydrogen-bond acceptors (Lipinski definition) is 5. The molecule has 0 saturated carbocycles. The molecule has 0 radical (unpaired) electrons. The van der Waals surface area contributed by atoms with Crippen LogP contribution in [0.5, 0.6) is 5.75 Å². The Hall–Kier alpha value is -2.15. The summed E-state index contributed by atoms with van der Waals surface area (Å²) in [6.07, 6.45) is 3.54. The fourth-order valence-electron chi connectivity index (χ4n) is 4.12. The number of benzene rings is 2. The Kier molecular flexibility index (Phi) is 6.87. The van der Waals surface area contributed by atoms with E-state index in [0.717, 1.165) is 31.6 Å². The summed E-state index contributed by atoms with van der Waals surface area (Å²) in [4.78, 5) is 17.3. The molecule has 160 valence electrons. The molecular weight excluding hydrogens is 407 g/mol. The Morgan fingerprint density at radius 2 is 1.77 bits per heavy atom. The van der Waals surface area contributed by atoms with Crippen molar-refractivity contribution in [2.24, 2.45) is 0 Å². The summed E-state index contributed by atoms with van der Waals surface area (Å²) in [6, 6.07) is 10.8. The first kappa shape index (κ1) is 21.1. The van der Waals surface area contributed by atoms with Gasteiger partial charge in [0.15, 0.2) is 0 Å². The summed E-state index contributed by atoms with van der Waals surface area (Å²) in [7, 11) is 0. The zero-order valence-electron chi connectivity index (χ0n) is 16.9. The fourth-order valence-corrected chi connectivity index (χ4v) is 4.41. The van der Waals surface area contributed by atoms with E-state index in [1.165, 1.54) is 12.5 Å². The van der Waals surface area contributed by atoms with Crippen molar-refractivity contribution in [3.05, 3.63) is 58.9 Å². The highest BCUT2D eigenvalue weighted by molar-refractivity contribution is 6.33. The molecule has 2 aromatic rings. The third-order valence-corrected chi connectivity index (χ3v) is 5.97. The van der Waals surface area contributed by atoms with Crippen molar-refractivity contribution in [1.29, 1.82) is 0 Å². The number of carbonyl (C=O) groups is 1. The molecule has 7 heteroatoms. The second-order valence-corrected chi connectivity index (χ2v) is 8.06. The molecule has 1 atom stereocenters. The van der Waals surface area contributed by atoms with Crippen molar-refractivity contribution in [3.63, 3.8) is 0 Å². The molecule has 0 amide bonds. The molecule has 5 nitrogen and oxygen atoms in total. The van der Waals surface area contributed by atoms with E-state index in [-0.39, 0.29) is 0 Å². The second kappa shape index (κ2) is 9.77. The van der Waals surface area contributed by atoms with Crippen molar-refractivity contribution in [1.82, 2.24) is 4.90 Å². The molecule has 1 unspecified atom stereocenters. The number of morpholine rings is 1. The lowest BCUT2D eigenvalue weighted by molar-refractivity contribution is -0.142. The van der Waals surface area contributed by atoms with Gasteiger partial charge < -0.3 is 14.4 Å². The maximum Gasteiger partial charge on any atom is 0.333 e. The summed E-state index contributed by atoms with van der Waals surface area (Å²) in [5.41, 5.74) is 1.26. The van der Waals surface area contributed by atoms with Gasteiger partial charge in [0.1, 0.15) is 17.6 Å². The molecule has 2 aliphatic heterocycles. The largest absolute Gasteiger partial charge is 0.425 e. The summed E-state index contributed by atoms with van der Waals surface area (Å²) < 4.78 is 25.6. The third kappa shape index (κ3) is 4.77. The average Bonchev–Trinajstić information content (AvgIpc) is 2.77. The molecule has 2 fully saturated rings. The monoisotopic (exact) mass is 432 g/mol. The molecular formula is C23H26ClFN2O3. The highest BCUT2D eigenvalue weighted by Crippen LogP contribution is 2.33. The van der Waals surface area contributed by atoms with Crippen LogP contribution in [-0.2, 0) is 9.53 Å². The van der Waals surface area contributed by atoms with Gasteiger partial charge in [-0.3, -0.25) is 4.90 Å². The van der Waals surface area contributed by atoms with E-state index >= 15 is 0 Å². The van der Waals surface area contributed by atoms with Crippen LogP contribution in [0.15, 0.2) is 42.5 Å². The maximum absolute atomic E-state index is 14.5. The number of nitrogens with zero attached hydrogens (tertiary/aromatic N) is 2. The molecule has 4 rings (SSSR count). The predicted molar refractivity (Wildman–Crippen MR) is 115 cm³/mol. The number of carbonyl (C=O) groups excluding carboxylic acids is 1. The maximum atomic E-state index is 14.5. The quantitative estimate of drug-likeness (QED) is 0.516. The topological polar surface area (TPSA) is 42.0 Å². The number of ether oxygens (including phenoxy) is 2. The Morgan fingerprint density at radius 1 is 1.03 bits per heavy atom. The van der Waals surface area contributed by atoms with Gasteiger partial charge >= 0.3 is 5.97 Å². The van der Waals surface area contributed by atoms with E-state index < -0.39 is 17.8 Å². The minimum Gasteiger partial charge on any atom is -0.425 e. The molecule has 0 aromatic heterocycles. The van der Waals surface area contributed by atoms with Crippen LogP contribution in [0.3, 0.4) is 0 Å². The van der Waals surface area contributed by atoms with Gasteiger partial charge in [0.2, 0.25) is 0 Å². The predicted octanol–water partition coefficient (Wildman–Crippen LogP) is 4.45. The minimum atomic E-state index is -0.837. The minimum absolute atomic E-state index is 0.306. The number of hydrogen-bond donors (Lipinski definition) is 0. The van der Waals surface area contributed by atoms with Crippen molar-refractivity contribution >= 4 is 23.3 Å². The van der Waals surface area contributed by atoms with Crippen LogP contribution in [0.25, 0.3) is 0 Å². The highest BCUT2D eigenvalue weighted by Gasteiger charge is 2.33. The first-order chi connectivity index (χ1) is 14.6. The Balaban J connectivity index is 1.55. The summed E-state index contributed by atoms with van der Waals surface area (Å²) in [5.74, 6) is -0.589. The Labute approximate surface area is 181 Å². The van der Waals surface area contributed by atoms with Crippen LogP contribution in [-0.4, -0.2) is 50.3 Å². The number of piperidine rings is 1. The van der Waals surface area contributed by atoms with Crippen molar-refractivity contribution in [3.8, 4) is 5.75 Å². The zero-order valence-corrected chi connectivity index (χ0v) is 17.6. The second-order valence-electron chi connectivity index (χ2n) is 7.65. The number of esters is 1. The average molecular weight is 433 g/mol. The number of anilines is 1. The van der Waals surface area contributed by atoms with Gasteiger partial charge in [-0.25, -0.2) is 9.18 Å². The molecule has 0 spiro atoms. The van der Waals surface area contributed by atoms with Gasteiger partial charge in [0.05, 0.1) is 23.9 Å². The molecule has 30 heavy (non-hydrogen) atoms. The van der Waals surface area contributed by atoms with Crippen LogP contribution in [0.1, 0.15) is 30.9 Å². The normalized spacial score (nSPS) is 18.8. The van der Waals surface area contributed by atoms with E-state index in [1.807, 2.05) is 11.0 Å². The molecule has 2 aliphatic rings. The lowest BCUT2D eigenvalue weighted by atomic mass is 10.0. The summed E-state index contributed by atoms with van der Waals surface area (Å²) in [6.45, 7) is 4.01. The lowest BCUT2D eigenvalue weighted by Crippen LogP contribution is -2.43. The SMILES string of the molecule is O=C(Oc1ccc(N2CCCCC2)c(Cl)c1)C(c1ccccc1F)N1CCOCC1. The lowest BCUT2D eigenvalue weighted by Gasteiger charge is -2.33. The van der Waals surface area contributed by atoms with Gasteiger partial charge in [-0.1, -0.05) is 29.8 Å². The summed E-state index contributed by atoms with van der Waals surface area (Å²) in [5, 5.41) is 0.552. The van der Waals surface area contributed by atoms with E-state index in [0.29, 0.717) is 42.6 Å². The van der Waals surface area contributed by atoms with Crippen molar-refractivity contribution in [2.45, 2.75) is 25.3 Å². The molecule has 0 aliphatic carbocycles. The molecule has 2 heterocycles. The van der Waals surface area contributed by atoms with Crippen LogP contribution in [0, 0.1) is 5.82 Å². The van der Waals surface area contributed by atoms with Crippen molar-refractivity contribution in [2.75, 3.05) is 44.3 Å². The van der Waals surface area contributed by atoms with E-state index in [2.05, 4.69) is 4.90 Å². The standard InChI is InChI=1S/C23H26ClFN2O3/c24-19-16-17(8-9-21(19)26-10-4-1-5-11-26)30-23(28)22(27-12-14-29-15-13-27)18-6-2-3-7-20(18)25/h2-3,6-9,16,22H,1,4-5,10-15H2. The van der Waals surface area contributed by atoms with E-state index in [9.17, 15) is 9.18 Å². The van der Waals surface area contributed by atoms with Gasteiger partial charge in [0, 0.05) is 37.8 Å². The van der Waals surface area contributed by atoms with Crippen molar-refractivity contribution < 1.29 is 18.7 Å². The van der Waals surface area contributed by atoms with Gasteiger partial charge in [0.25, 0.3) is 0 Å². The number of rotatable bonds is 5. The Morgan fingerprint density at radius 3 is 2.47 bits per heavy atom. The van der Waals surface area contributed by atoms with Crippen LogP contribution in [0.2, 0.25) is 5.02 Å².